The Morgan fingerprint density at radius 3 is 2.64 bits per heavy atom. The quantitative estimate of drug-likeness (QED) is 0.693. The molecular weight excluding hydrogens is 386 g/mol. The van der Waals surface area contributed by atoms with Crippen LogP contribution in [0.3, 0.4) is 0 Å². The fourth-order valence-corrected chi connectivity index (χ4v) is 2.44. The van der Waals surface area contributed by atoms with Crippen molar-refractivity contribution in [2.24, 2.45) is 0 Å². The number of nitrogens with zero attached hydrogens (tertiary/aromatic N) is 1. The number of hydrogen-bond acceptors (Lipinski definition) is 4. The van der Waals surface area contributed by atoms with Crippen LogP contribution in [0.4, 0.5) is 4.79 Å². The Balaban J connectivity index is 1.85. The molecule has 0 radical (unpaired) electrons. The molecule has 0 saturated carbocycles. The lowest BCUT2D eigenvalue weighted by molar-refractivity contribution is -0.121. The fourth-order valence-electron chi connectivity index (χ4n) is 2.17. The summed E-state index contributed by atoms with van der Waals surface area (Å²) in [5.74, 6) is 1.12. The summed E-state index contributed by atoms with van der Waals surface area (Å²) >= 11 is 3.40. The van der Waals surface area contributed by atoms with E-state index in [4.69, 9.17) is 4.42 Å². The van der Waals surface area contributed by atoms with Gasteiger partial charge in [0, 0.05) is 16.6 Å². The zero-order valence-corrected chi connectivity index (χ0v) is 15.5. The summed E-state index contributed by atoms with van der Waals surface area (Å²) in [4.78, 5) is 25.0. The SMILES string of the molecule is C=CCNC(=O)NC(=O)CN(C)Cc1ccc(-c2ccc(Br)cc2)o1. The molecular formula is C18H20BrN3O3. The number of nitrogens with one attached hydrogen (secondary N) is 2. The van der Waals surface area contributed by atoms with Gasteiger partial charge in [0.15, 0.2) is 0 Å². The van der Waals surface area contributed by atoms with E-state index in [2.05, 4.69) is 33.1 Å². The molecule has 0 fully saturated rings. The lowest BCUT2D eigenvalue weighted by atomic mass is 10.2. The smallest absolute Gasteiger partial charge is 0.321 e. The number of carbonyl (C=O) groups excluding carboxylic acids is 2. The number of furan rings is 1. The highest BCUT2D eigenvalue weighted by atomic mass is 79.9. The molecule has 25 heavy (non-hydrogen) atoms. The van der Waals surface area contributed by atoms with Gasteiger partial charge in [-0.25, -0.2) is 4.79 Å². The zero-order chi connectivity index (χ0) is 18.2. The molecule has 0 bridgehead atoms. The number of benzene rings is 1. The van der Waals surface area contributed by atoms with E-state index in [0.29, 0.717) is 13.1 Å². The molecule has 1 aromatic heterocycles. The molecule has 0 aliphatic heterocycles. The molecule has 0 aliphatic carbocycles. The number of hydrogen-bond donors (Lipinski definition) is 2. The molecule has 3 amide bonds. The summed E-state index contributed by atoms with van der Waals surface area (Å²) in [6.07, 6.45) is 1.54. The van der Waals surface area contributed by atoms with Gasteiger partial charge in [0.1, 0.15) is 11.5 Å². The summed E-state index contributed by atoms with van der Waals surface area (Å²) < 4.78 is 6.82. The van der Waals surface area contributed by atoms with Crippen LogP contribution >= 0.6 is 15.9 Å². The Hall–Kier alpha value is -2.38. The second-order valence-electron chi connectivity index (χ2n) is 5.49. The molecule has 2 aromatic rings. The van der Waals surface area contributed by atoms with E-state index in [1.165, 1.54) is 6.08 Å². The minimum absolute atomic E-state index is 0.0792. The maximum absolute atomic E-state index is 11.8. The normalized spacial score (nSPS) is 10.5. The standard InChI is InChI=1S/C18H20BrN3O3/c1-3-10-20-18(24)21-17(23)12-22(2)11-15-8-9-16(25-15)13-4-6-14(19)7-5-13/h3-9H,1,10-12H2,2H3,(H2,20,21,23,24). The first kappa shape index (κ1) is 19.0. The van der Waals surface area contributed by atoms with Gasteiger partial charge in [0.05, 0.1) is 13.1 Å². The van der Waals surface area contributed by atoms with Gasteiger partial charge in [-0.15, -0.1) is 6.58 Å². The molecule has 1 heterocycles. The summed E-state index contributed by atoms with van der Waals surface area (Å²) in [7, 11) is 1.78. The summed E-state index contributed by atoms with van der Waals surface area (Å²) in [5.41, 5.74) is 0.980. The Kier molecular flexibility index (Phi) is 6.97. The topological polar surface area (TPSA) is 74.6 Å². The molecule has 0 saturated heterocycles. The van der Waals surface area contributed by atoms with E-state index in [-0.39, 0.29) is 12.5 Å². The number of imide groups is 1. The minimum atomic E-state index is -0.533. The fraction of sp³-hybridized carbons (Fsp3) is 0.222. The molecule has 0 atom stereocenters. The van der Waals surface area contributed by atoms with Crippen LogP contribution in [-0.4, -0.2) is 37.0 Å². The van der Waals surface area contributed by atoms with E-state index in [0.717, 1.165) is 21.6 Å². The van der Waals surface area contributed by atoms with Crippen LogP contribution in [0.2, 0.25) is 0 Å². The lowest BCUT2D eigenvalue weighted by Crippen LogP contribution is -2.43. The average molecular weight is 406 g/mol. The number of urea groups is 1. The monoisotopic (exact) mass is 405 g/mol. The maximum Gasteiger partial charge on any atom is 0.321 e. The van der Waals surface area contributed by atoms with Crippen molar-refractivity contribution < 1.29 is 14.0 Å². The Bertz CT molecular complexity index is 740. The van der Waals surface area contributed by atoms with Gasteiger partial charge in [0.25, 0.3) is 0 Å². The Labute approximate surface area is 155 Å². The van der Waals surface area contributed by atoms with Crippen LogP contribution in [0.1, 0.15) is 5.76 Å². The number of likely N-dealkylation sites (N-methyl/N-ethyl adjacent to an activating group) is 1. The predicted molar refractivity (Wildman–Crippen MR) is 99.9 cm³/mol. The number of rotatable bonds is 7. The van der Waals surface area contributed by atoms with Crippen molar-refractivity contribution in [3.8, 4) is 11.3 Å². The summed E-state index contributed by atoms with van der Waals surface area (Å²) in [6, 6.07) is 11.1. The van der Waals surface area contributed by atoms with Gasteiger partial charge >= 0.3 is 6.03 Å². The Morgan fingerprint density at radius 2 is 1.96 bits per heavy atom. The first-order valence-electron chi connectivity index (χ1n) is 7.69. The average Bonchev–Trinajstić information content (AvgIpc) is 3.01. The third-order valence-electron chi connectivity index (χ3n) is 3.29. The largest absolute Gasteiger partial charge is 0.460 e. The third kappa shape index (κ3) is 6.21. The van der Waals surface area contributed by atoms with Crippen molar-refractivity contribution in [3.05, 3.63) is 59.3 Å². The number of amides is 3. The molecule has 132 valence electrons. The van der Waals surface area contributed by atoms with Gasteiger partial charge in [-0.2, -0.15) is 0 Å². The van der Waals surface area contributed by atoms with Gasteiger partial charge in [-0.3, -0.25) is 15.0 Å². The highest BCUT2D eigenvalue weighted by Gasteiger charge is 2.12. The van der Waals surface area contributed by atoms with Crippen molar-refractivity contribution in [1.82, 2.24) is 15.5 Å². The maximum atomic E-state index is 11.8. The Morgan fingerprint density at radius 1 is 1.24 bits per heavy atom. The summed E-state index contributed by atoms with van der Waals surface area (Å²) in [5, 5.41) is 4.74. The summed E-state index contributed by atoms with van der Waals surface area (Å²) in [6.45, 7) is 4.33. The second-order valence-corrected chi connectivity index (χ2v) is 6.41. The number of carbonyl (C=O) groups is 2. The van der Waals surface area contributed by atoms with Gasteiger partial charge < -0.3 is 9.73 Å². The van der Waals surface area contributed by atoms with E-state index >= 15 is 0 Å². The first-order chi connectivity index (χ1) is 12.0. The van der Waals surface area contributed by atoms with Crippen molar-refractivity contribution in [2.45, 2.75) is 6.54 Å². The molecule has 0 aliphatic rings. The first-order valence-corrected chi connectivity index (χ1v) is 8.49. The van der Waals surface area contributed by atoms with Crippen LogP contribution in [0.5, 0.6) is 0 Å². The van der Waals surface area contributed by atoms with Crippen LogP contribution in [0.25, 0.3) is 11.3 Å². The van der Waals surface area contributed by atoms with Crippen molar-refractivity contribution in [3.63, 3.8) is 0 Å². The third-order valence-corrected chi connectivity index (χ3v) is 3.82. The van der Waals surface area contributed by atoms with E-state index in [1.807, 2.05) is 36.4 Å². The molecule has 0 spiro atoms. The number of halogens is 1. The predicted octanol–water partition coefficient (Wildman–Crippen LogP) is 3.15. The van der Waals surface area contributed by atoms with Gasteiger partial charge in [-0.05, 0) is 31.3 Å². The van der Waals surface area contributed by atoms with E-state index in [1.54, 1.807) is 11.9 Å². The highest BCUT2D eigenvalue weighted by Crippen LogP contribution is 2.24. The van der Waals surface area contributed by atoms with Gasteiger partial charge in [-0.1, -0.05) is 34.1 Å². The minimum Gasteiger partial charge on any atom is -0.460 e. The van der Waals surface area contributed by atoms with Gasteiger partial charge in [0.2, 0.25) is 5.91 Å². The lowest BCUT2D eigenvalue weighted by Gasteiger charge is -2.14. The zero-order valence-electron chi connectivity index (χ0n) is 13.9. The highest BCUT2D eigenvalue weighted by molar-refractivity contribution is 9.10. The molecule has 7 heteroatoms. The van der Waals surface area contributed by atoms with Crippen molar-refractivity contribution >= 4 is 27.9 Å². The molecule has 2 rings (SSSR count). The molecule has 0 unspecified atom stereocenters. The van der Waals surface area contributed by atoms with Crippen LogP contribution in [0, 0.1) is 0 Å². The molecule has 2 N–H and O–H groups in total. The molecule has 6 nitrogen and oxygen atoms in total. The van der Waals surface area contributed by atoms with Crippen molar-refractivity contribution in [1.29, 1.82) is 0 Å². The van der Waals surface area contributed by atoms with Crippen LogP contribution in [-0.2, 0) is 11.3 Å². The van der Waals surface area contributed by atoms with Crippen LogP contribution in [0.15, 0.2) is 57.9 Å². The molecule has 1 aromatic carbocycles. The van der Waals surface area contributed by atoms with E-state index < -0.39 is 6.03 Å². The second kappa shape index (κ2) is 9.19. The van der Waals surface area contributed by atoms with Crippen molar-refractivity contribution in [2.75, 3.05) is 20.1 Å². The van der Waals surface area contributed by atoms with E-state index in [9.17, 15) is 9.59 Å². The van der Waals surface area contributed by atoms with Crippen LogP contribution < -0.4 is 10.6 Å².